The molecule has 0 fully saturated rings. The Bertz CT molecular complexity index is 858. The van der Waals surface area contributed by atoms with E-state index in [1.807, 2.05) is 54.6 Å². The predicted molar refractivity (Wildman–Crippen MR) is 93.0 cm³/mol. The topological polar surface area (TPSA) is 41.6 Å². The van der Waals surface area contributed by atoms with Gasteiger partial charge in [0.1, 0.15) is 0 Å². The first kappa shape index (κ1) is 15.0. The monoisotopic (exact) mass is 341 g/mol. The molecule has 0 N–H and O–H groups in total. The molecular weight excluding hydrogens is 330 g/mol. The number of aromatic nitrogens is 2. The Labute approximate surface area is 141 Å². The number of rotatable bonds is 4. The molecule has 0 spiro atoms. The third-order valence-electron chi connectivity index (χ3n) is 2.98. The number of nitriles is 1. The maximum atomic E-state index is 8.80. The fraction of sp³-hybridized carbons (Fsp3) is 0.0625. The van der Waals surface area contributed by atoms with Gasteiger partial charge in [0.05, 0.1) is 17.3 Å². The molecule has 0 aliphatic heterocycles. The van der Waals surface area contributed by atoms with Gasteiger partial charge >= 0.3 is 0 Å². The molecule has 0 saturated carbocycles. The Balaban J connectivity index is 1.74. The van der Waals surface area contributed by atoms with Crippen molar-refractivity contribution in [2.45, 2.75) is 10.1 Å². The normalized spacial score (nSPS) is 10.3. The van der Waals surface area contributed by atoms with E-state index in [1.54, 1.807) is 16.4 Å². The fourth-order valence-electron chi connectivity index (χ4n) is 1.87. The summed E-state index contributed by atoms with van der Waals surface area (Å²) in [6.07, 6.45) is 0. The van der Waals surface area contributed by atoms with Crippen molar-refractivity contribution in [3.8, 4) is 11.8 Å². The molecule has 0 aliphatic rings. The van der Waals surface area contributed by atoms with Crippen LogP contribution in [0, 0.1) is 15.3 Å². The van der Waals surface area contributed by atoms with Crippen LogP contribution in [0.25, 0.3) is 5.69 Å². The quantitative estimate of drug-likeness (QED) is 0.503. The van der Waals surface area contributed by atoms with Gasteiger partial charge in [-0.05, 0) is 42.0 Å². The first-order chi connectivity index (χ1) is 10.8. The van der Waals surface area contributed by atoms with Gasteiger partial charge in [-0.15, -0.1) is 5.10 Å². The lowest BCUT2D eigenvalue weighted by molar-refractivity contribution is 0.829. The number of nitrogens with zero attached hydrogens (tertiary/aromatic N) is 3. The summed E-state index contributed by atoms with van der Waals surface area (Å²) in [6, 6.07) is 19.6. The number of para-hydroxylation sites is 1. The van der Waals surface area contributed by atoms with Crippen molar-refractivity contribution in [2.24, 2.45) is 0 Å². The van der Waals surface area contributed by atoms with Crippen molar-refractivity contribution in [1.82, 2.24) is 9.78 Å². The van der Waals surface area contributed by atoms with Crippen LogP contribution < -0.4 is 0 Å². The molecule has 108 valence electrons. The molecule has 22 heavy (non-hydrogen) atoms. The van der Waals surface area contributed by atoms with Crippen LogP contribution in [-0.4, -0.2) is 9.78 Å². The Kier molecular flexibility index (Phi) is 4.68. The van der Waals surface area contributed by atoms with E-state index < -0.39 is 0 Å². The van der Waals surface area contributed by atoms with E-state index in [9.17, 15) is 0 Å². The first-order valence-corrected chi connectivity index (χ1v) is 8.75. The smallest absolute Gasteiger partial charge is 0.184 e. The minimum atomic E-state index is 0.678. The maximum Gasteiger partial charge on any atom is 0.184 e. The van der Waals surface area contributed by atoms with Crippen molar-refractivity contribution in [2.75, 3.05) is 0 Å². The molecule has 1 heterocycles. The largest absolute Gasteiger partial charge is 0.211 e. The second-order valence-corrected chi connectivity index (χ2v) is 7.32. The van der Waals surface area contributed by atoms with E-state index in [2.05, 4.69) is 11.2 Å². The molecular formula is C16H11N3S3. The zero-order valence-corrected chi connectivity index (χ0v) is 13.9. The summed E-state index contributed by atoms with van der Waals surface area (Å²) < 4.78 is 3.48. The van der Waals surface area contributed by atoms with Crippen LogP contribution in [0.15, 0.2) is 58.9 Å². The predicted octanol–water partition coefficient (Wildman–Crippen LogP) is 4.83. The van der Waals surface area contributed by atoms with Gasteiger partial charge in [-0.2, -0.15) is 5.26 Å². The lowest BCUT2D eigenvalue weighted by Crippen LogP contribution is -1.95. The Hall–Kier alpha value is -1.94. The van der Waals surface area contributed by atoms with Crippen molar-refractivity contribution in [1.29, 1.82) is 5.26 Å². The lowest BCUT2D eigenvalue weighted by Gasteiger charge is -2.00. The fourth-order valence-corrected chi connectivity index (χ4v) is 4.19. The van der Waals surface area contributed by atoms with Crippen LogP contribution in [0.1, 0.15) is 11.1 Å². The average Bonchev–Trinajstić information content (AvgIpc) is 2.95. The highest BCUT2D eigenvalue weighted by atomic mass is 32.2. The summed E-state index contributed by atoms with van der Waals surface area (Å²) in [5.41, 5.74) is 2.82. The van der Waals surface area contributed by atoms with E-state index >= 15 is 0 Å². The van der Waals surface area contributed by atoms with E-state index in [0.717, 1.165) is 25.3 Å². The second kappa shape index (κ2) is 6.88. The molecule has 2 aromatic carbocycles. The summed E-state index contributed by atoms with van der Waals surface area (Å²) in [6.45, 7) is 0. The van der Waals surface area contributed by atoms with Gasteiger partial charge in [0, 0.05) is 5.75 Å². The summed E-state index contributed by atoms with van der Waals surface area (Å²) in [5, 5.41) is 13.4. The van der Waals surface area contributed by atoms with E-state index in [1.165, 1.54) is 11.3 Å². The van der Waals surface area contributed by atoms with E-state index in [4.69, 9.17) is 17.5 Å². The van der Waals surface area contributed by atoms with Crippen molar-refractivity contribution in [3.05, 3.63) is 69.7 Å². The minimum Gasteiger partial charge on any atom is -0.211 e. The van der Waals surface area contributed by atoms with Gasteiger partial charge in [0.2, 0.25) is 0 Å². The molecule has 3 aromatic rings. The van der Waals surface area contributed by atoms with Gasteiger partial charge in [-0.3, -0.25) is 0 Å². The summed E-state index contributed by atoms with van der Waals surface area (Å²) in [7, 11) is 0. The van der Waals surface area contributed by atoms with Gasteiger partial charge in [0.15, 0.2) is 8.29 Å². The molecule has 3 rings (SSSR count). The van der Waals surface area contributed by atoms with E-state index in [0.29, 0.717) is 5.56 Å². The molecule has 0 saturated heterocycles. The molecule has 0 bridgehead atoms. The molecule has 3 nitrogen and oxygen atoms in total. The number of hydrogen-bond acceptors (Lipinski definition) is 5. The second-order valence-electron chi connectivity index (χ2n) is 4.48. The third kappa shape index (κ3) is 3.45. The first-order valence-electron chi connectivity index (χ1n) is 6.54. The van der Waals surface area contributed by atoms with Crippen LogP contribution in [0.5, 0.6) is 0 Å². The Morgan fingerprint density at radius 1 is 1.14 bits per heavy atom. The zero-order valence-electron chi connectivity index (χ0n) is 11.5. The van der Waals surface area contributed by atoms with Crippen molar-refractivity contribution < 1.29 is 0 Å². The molecule has 0 aliphatic carbocycles. The van der Waals surface area contributed by atoms with Gasteiger partial charge in [0.25, 0.3) is 0 Å². The van der Waals surface area contributed by atoms with Crippen LogP contribution in [0.2, 0.25) is 0 Å². The number of thioether (sulfide) groups is 1. The molecule has 0 atom stereocenters. The van der Waals surface area contributed by atoms with Gasteiger partial charge < -0.3 is 0 Å². The summed E-state index contributed by atoms with van der Waals surface area (Å²) >= 11 is 8.56. The van der Waals surface area contributed by atoms with Gasteiger partial charge in [-0.25, -0.2) is 4.68 Å². The maximum absolute atomic E-state index is 8.80. The molecule has 0 unspecified atom stereocenters. The standard InChI is InChI=1S/C16H11N3S3/c17-10-12-6-8-13(9-7-12)11-21-15-18-19(16(20)22-15)14-4-2-1-3-5-14/h1-9H,11H2. The van der Waals surface area contributed by atoms with Crippen LogP contribution >= 0.6 is 35.3 Å². The SMILES string of the molecule is N#Cc1ccc(CSc2nn(-c3ccccc3)c(=S)s2)cc1. The highest BCUT2D eigenvalue weighted by Gasteiger charge is 2.06. The summed E-state index contributed by atoms with van der Waals surface area (Å²) in [5.74, 6) is 0.808. The Morgan fingerprint density at radius 3 is 2.55 bits per heavy atom. The zero-order chi connectivity index (χ0) is 15.4. The van der Waals surface area contributed by atoms with E-state index in [-0.39, 0.29) is 0 Å². The summed E-state index contributed by atoms with van der Waals surface area (Å²) in [4.78, 5) is 0. The lowest BCUT2D eigenvalue weighted by atomic mass is 10.2. The number of benzene rings is 2. The third-order valence-corrected chi connectivity index (χ3v) is 5.41. The highest BCUT2D eigenvalue weighted by Crippen LogP contribution is 2.27. The molecule has 0 amide bonds. The number of hydrogen-bond donors (Lipinski definition) is 0. The van der Waals surface area contributed by atoms with Gasteiger partial charge in [-0.1, -0.05) is 53.4 Å². The minimum absolute atomic E-state index is 0.678. The Morgan fingerprint density at radius 2 is 1.86 bits per heavy atom. The van der Waals surface area contributed by atoms with Crippen LogP contribution in [-0.2, 0) is 5.75 Å². The molecule has 0 radical (unpaired) electrons. The van der Waals surface area contributed by atoms with Crippen LogP contribution in [0.4, 0.5) is 0 Å². The van der Waals surface area contributed by atoms with Crippen molar-refractivity contribution in [3.63, 3.8) is 0 Å². The van der Waals surface area contributed by atoms with Crippen molar-refractivity contribution >= 4 is 35.3 Å². The molecule has 1 aromatic heterocycles. The highest BCUT2D eigenvalue weighted by molar-refractivity contribution is 8.00. The average molecular weight is 341 g/mol. The van der Waals surface area contributed by atoms with Crippen LogP contribution in [0.3, 0.4) is 0 Å². The molecule has 6 heteroatoms.